The molecule has 2 aromatic rings. The quantitative estimate of drug-likeness (QED) is 0.892. The molecule has 3 N–H and O–H groups in total. The highest BCUT2D eigenvalue weighted by molar-refractivity contribution is 5.89. The monoisotopic (exact) mass is 261 g/mol. The van der Waals surface area contributed by atoms with E-state index in [4.69, 9.17) is 10.8 Å². The molecule has 0 unspecified atom stereocenters. The number of hydrogen-bond donors (Lipinski definition) is 2. The average molecular weight is 261 g/mol. The van der Waals surface area contributed by atoms with Gasteiger partial charge in [-0.25, -0.2) is 4.68 Å². The maximum absolute atomic E-state index is 6.02. The SMILES string of the molecule is CC(C)Cc1nn(C2CCCCC2)c2n[nH]c(N)c12. The van der Waals surface area contributed by atoms with E-state index in [1.807, 2.05) is 0 Å². The molecule has 0 aromatic carbocycles. The van der Waals surface area contributed by atoms with Crippen molar-refractivity contribution in [2.75, 3.05) is 5.73 Å². The summed E-state index contributed by atoms with van der Waals surface area (Å²) in [7, 11) is 0. The van der Waals surface area contributed by atoms with Gasteiger partial charge in [-0.2, -0.15) is 10.2 Å². The number of nitrogens with one attached hydrogen (secondary N) is 1. The number of nitrogen functional groups attached to an aromatic ring is 1. The number of rotatable bonds is 3. The standard InChI is InChI=1S/C14H23N5/c1-9(2)8-11-12-13(15)16-17-14(12)19(18-11)10-6-4-3-5-7-10/h9-10H,3-8H2,1-2H3,(H3,15,16,17). The first-order chi connectivity index (χ1) is 9.16. The Morgan fingerprint density at radius 3 is 2.74 bits per heavy atom. The lowest BCUT2D eigenvalue weighted by atomic mass is 9.96. The highest BCUT2D eigenvalue weighted by Gasteiger charge is 2.23. The smallest absolute Gasteiger partial charge is 0.182 e. The van der Waals surface area contributed by atoms with E-state index in [-0.39, 0.29) is 0 Å². The Morgan fingerprint density at radius 1 is 1.32 bits per heavy atom. The van der Waals surface area contributed by atoms with Crippen LogP contribution in [0.15, 0.2) is 0 Å². The molecule has 3 rings (SSSR count). The lowest BCUT2D eigenvalue weighted by molar-refractivity contribution is 0.333. The molecule has 1 saturated carbocycles. The first kappa shape index (κ1) is 12.5. The van der Waals surface area contributed by atoms with Gasteiger partial charge in [0.05, 0.1) is 17.1 Å². The molecule has 104 valence electrons. The van der Waals surface area contributed by atoms with Crippen LogP contribution in [0.2, 0.25) is 0 Å². The minimum atomic E-state index is 0.500. The number of nitrogens with two attached hydrogens (primary N) is 1. The minimum Gasteiger partial charge on any atom is -0.383 e. The fourth-order valence-corrected chi connectivity index (χ4v) is 3.13. The van der Waals surface area contributed by atoms with Crippen molar-refractivity contribution in [2.45, 2.75) is 58.4 Å². The normalized spacial score (nSPS) is 17.6. The molecule has 0 saturated heterocycles. The molecule has 5 heteroatoms. The number of anilines is 1. The molecule has 1 fully saturated rings. The van der Waals surface area contributed by atoms with E-state index in [2.05, 4.69) is 28.7 Å². The molecular formula is C14H23N5. The Labute approximate surface area is 113 Å². The predicted molar refractivity (Wildman–Crippen MR) is 77.0 cm³/mol. The second-order valence-corrected chi connectivity index (χ2v) is 6.12. The minimum absolute atomic E-state index is 0.500. The van der Waals surface area contributed by atoms with E-state index in [1.54, 1.807) is 0 Å². The summed E-state index contributed by atoms with van der Waals surface area (Å²) in [6.45, 7) is 4.42. The van der Waals surface area contributed by atoms with Gasteiger partial charge >= 0.3 is 0 Å². The van der Waals surface area contributed by atoms with Gasteiger partial charge in [-0.1, -0.05) is 33.1 Å². The summed E-state index contributed by atoms with van der Waals surface area (Å²) in [4.78, 5) is 0. The molecule has 0 amide bonds. The number of aromatic amines is 1. The van der Waals surface area contributed by atoms with Crippen molar-refractivity contribution in [1.82, 2.24) is 20.0 Å². The van der Waals surface area contributed by atoms with Crippen LogP contribution in [0.4, 0.5) is 5.82 Å². The maximum Gasteiger partial charge on any atom is 0.182 e. The molecule has 0 atom stereocenters. The molecule has 0 bridgehead atoms. The van der Waals surface area contributed by atoms with Crippen molar-refractivity contribution < 1.29 is 0 Å². The van der Waals surface area contributed by atoms with Gasteiger partial charge in [-0.15, -0.1) is 0 Å². The highest BCUT2D eigenvalue weighted by Crippen LogP contribution is 2.33. The summed E-state index contributed by atoms with van der Waals surface area (Å²) in [5, 5.41) is 13.2. The lowest BCUT2D eigenvalue weighted by Gasteiger charge is -2.21. The van der Waals surface area contributed by atoms with Gasteiger partial charge in [0.2, 0.25) is 0 Å². The molecule has 0 radical (unpaired) electrons. The zero-order valence-electron chi connectivity index (χ0n) is 11.8. The summed E-state index contributed by atoms with van der Waals surface area (Å²) in [6, 6.07) is 0.500. The Bertz CT molecular complexity index is 560. The first-order valence-electron chi connectivity index (χ1n) is 7.37. The molecule has 19 heavy (non-hydrogen) atoms. The number of aromatic nitrogens is 4. The van der Waals surface area contributed by atoms with Gasteiger partial charge in [0.25, 0.3) is 0 Å². The van der Waals surface area contributed by atoms with E-state index in [1.165, 1.54) is 32.1 Å². The zero-order chi connectivity index (χ0) is 13.4. The molecule has 5 nitrogen and oxygen atoms in total. The molecular weight excluding hydrogens is 238 g/mol. The van der Waals surface area contributed by atoms with E-state index in [9.17, 15) is 0 Å². The van der Waals surface area contributed by atoms with Crippen LogP contribution in [0.5, 0.6) is 0 Å². The van der Waals surface area contributed by atoms with Crippen molar-refractivity contribution in [3.8, 4) is 0 Å². The summed E-state index contributed by atoms with van der Waals surface area (Å²) in [6.07, 6.45) is 7.33. The van der Waals surface area contributed by atoms with Gasteiger partial charge in [0, 0.05) is 0 Å². The first-order valence-corrected chi connectivity index (χ1v) is 7.37. The van der Waals surface area contributed by atoms with Crippen molar-refractivity contribution >= 4 is 16.9 Å². The molecule has 2 aromatic heterocycles. The maximum atomic E-state index is 6.02. The number of fused-ring (bicyclic) bond motifs is 1. The fourth-order valence-electron chi connectivity index (χ4n) is 3.13. The van der Waals surface area contributed by atoms with Gasteiger partial charge in [-0.05, 0) is 25.2 Å². The van der Waals surface area contributed by atoms with E-state index in [0.717, 1.165) is 23.1 Å². The third-order valence-electron chi connectivity index (χ3n) is 4.03. The fraction of sp³-hybridized carbons (Fsp3) is 0.714. The second-order valence-electron chi connectivity index (χ2n) is 6.12. The van der Waals surface area contributed by atoms with Crippen LogP contribution in [0.1, 0.15) is 57.7 Å². The van der Waals surface area contributed by atoms with Crippen LogP contribution in [0.25, 0.3) is 11.0 Å². The van der Waals surface area contributed by atoms with Crippen LogP contribution in [-0.2, 0) is 6.42 Å². The van der Waals surface area contributed by atoms with Crippen LogP contribution < -0.4 is 5.73 Å². The summed E-state index contributed by atoms with van der Waals surface area (Å²) in [5.41, 5.74) is 8.07. The van der Waals surface area contributed by atoms with E-state index in [0.29, 0.717) is 17.8 Å². The van der Waals surface area contributed by atoms with Crippen molar-refractivity contribution in [2.24, 2.45) is 5.92 Å². The Morgan fingerprint density at radius 2 is 2.05 bits per heavy atom. The Balaban J connectivity index is 2.04. The summed E-state index contributed by atoms with van der Waals surface area (Å²) >= 11 is 0. The van der Waals surface area contributed by atoms with Gasteiger partial charge in [0.1, 0.15) is 5.82 Å². The van der Waals surface area contributed by atoms with Crippen molar-refractivity contribution in [1.29, 1.82) is 0 Å². The Kier molecular flexibility index (Phi) is 3.21. The van der Waals surface area contributed by atoms with Crippen LogP contribution in [0.3, 0.4) is 0 Å². The number of hydrogen-bond acceptors (Lipinski definition) is 3. The summed E-state index contributed by atoms with van der Waals surface area (Å²) in [5.74, 6) is 1.24. The van der Waals surface area contributed by atoms with Gasteiger partial charge in [-0.3, -0.25) is 5.10 Å². The van der Waals surface area contributed by atoms with E-state index < -0.39 is 0 Å². The van der Waals surface area contributed by atoms with Crippen molar-refractivity contribution in [3.63, 3.8) is 0 Å². The number of H-pyrrole nitrogens is 1. The third-order valence-corrected chi connectivity index (χ3v) is 4.03. The predicted octanol–water partition coefficient (Wildman–Crippen LogP) is 3.05. The third kappa shape index (κ3) is 2.22. The van der Waals surface area contributed by atoms with Gasteiger partial charge in [0.15, 0.2) is 5.65 Å². The lowest BCUT2D eigenvalue weighted by Crippen LogP contribution is -2.14. The average Bonchev–Trinajstić information content (AvgIpc) is 2.93. The molecule has 1 aliphatic carbocycles. The zero-order valence-corrected chi connectivity index (χ0v) is 11.8. The Hall–Kier alpha value is -1.52. The van der Waals surface area contributed by atoms with E-state index >= 15 is 0 Å². The van der Waals surface area contributed by atoms with Crippen LogP contribution in [0, 0.1) is 5.92 Å². The highest BCUT2D eigenvalue weighted by atomic mass is 15.4. The molecule has 1 aliphatic rings. The van der Waals surface area contributed by atoms with Crippen molar-refractivity contribution in [3.05, 3.63) is 5.69 Å². The topological polar surface area (TPSA) is 72.5 Å². The molecule has 0 spiro atoms. The number of nitrogens with zero attached hydrogens (tertiary/aromatic N) is 3. The van der Waals surface area contributed by atoms with Crippen LogP contribution in [-0.4, -0.2) is 20.0 Å². The van der Waals surface area contributed by atoms with Gasteiger partial charge < -0.3 is 5.73 Å². The second kappa shape index (κ2) is 4.87. The van der Waals surface area contributed by atoms with Crippen LogP contribution >= 0.6 is 0 Å². The summed E-state index contributed by atoms with van der Waals surface area (Å²) < 4.78 is 2.12. The molecule has 0 aliphatic heterocycles. The largest absolute Gasteiger partial charge is 0.383 e. The molecule has 2 heterocycles.